The van der Waals surface area contributed by atoms with Crippen molar-refractivity contribution in [3.8, 4) is 5.75 Å². The van der Waals surface area contributed by atoms with Gasteiger partial charge < -0.3 is 14.8 Å². The first kappa shape index (κ1) is 20.8. The van der Waals surface area contributed by atoms with Crippen LogP contribution in [0.2, 0.25) is 0 Å². The molecule has 1 atom stereocenters. The normalized spacial score (nSPS) is 18.5. The van der Waals surface area contributed by atoms with E-state index in [9.17, 15) is 5.11 Å². The largest absolute Gasteiger partial charge is 0.494 e. The van der Waals surface area contributed by atoms with Gasteiger partial charge in [-0.2, -0.15) is 0 Å². The fraction of sp³-hybridized carbons (Fsp3) is 0.591. The van der Waals surface area contributed by atoms with Crippen LogP contribution in [0.25, 0.3) is 0 Å². The minimum absolute atomic E-state index is 0.222. The number of piperazine rings is 1. The third-order valence-corrected chi connectivity index (χ3v) is 5.51. The second kappa shape index (κ2) is 10.0. The number of imidazole rings is 1. The van der Waals surface area contributed by atoms with Gasteiger partial charge in [0.1, 0.15) is 11.6 Å². The van der Waals surface area contributed by atoms with Crippen molar-refractivity contribution in [1.82, 2.24) is 19.8 Å². The monoisotopic (exact) mass is 386 g/mol. The molecule has 1 aliphatic rings. The van der Waals surface area contributed by atoms with Gasteiger partial charge in [0.15, 0.2) is 0 Å². The number of hydrogen-bond acceptors (Lipinski definition) is 5. The molecule has 3 rings (SSSR count). The fourth-order valence-electron chi connectivity index (χ4n) is 3.92. The van der Waals surface area contributed by atoms with Crippen molar-refractivity contribution in [2.24, 2.45) is 0 Å². The molecule has 6 nitrogen and oxygen atoms in total. The van der Waals surface area contributed by atoms with Crippen LogP contribution in [-0.4, -0.2) is 63.8 Å². The standard InChI is InChI=1S/C22H34N4O2/c1-4-22-23-17(3)21(24-22)16-25-11-12-26(19(15-25)10-13-27)14-18-6-8-20(9-7-18)28-5-2/h6-9,19,27H,4-5,10-16H2,1-3H3,(H,23,24). The highest BCUT2D eigenvalue weighted by atomic mass is 16.5. The third kappa shape index (κ3) is 5.34. The molecule has 0 bridgehead atoms. The van der Waals surface area contributed by atoms with E-state index in [1.165, 1.54) is 11.3 Å². The number of ether oxygens (including phenoxy) is 1. The van der Waals surface area contributed by atoms with Crippen LogP contribution in [0.5, 0.6) is 5.75 Å². The Hall–Kier alpha value is -1.89. The topological polar surface area (TPSA) is 64.6 Å². The van der Waals surface area contributed by atoms with Crippen LogP contribution in [-0.2, 0) is 19.5 Å². The molecule has 1 aromatic heterocycles. The van der Waals surface area contributed by atoms with Crippen LogP contribution in [0.3, 0.4) is 0 Å². The minimum Gasteiger partial charge on any atom is -0.494 e. The lowest BCUT2D eigenvalue weighted by Gasteiger charge is -2.41. The first-order valence-corrected chi connectivity index (χ1v) is 10.5. The van der Waals surface area contributed by atoms with Gasteiger partial charge in [0.2, 0.25) is 0 Å². The van der Waals surface area contributed by atoms with Crippen LogP contribution < -0.4 is 4.74 Å². The summed E-state index contributed by atoms with van der Waals surface area (Å²) in [6.45, 7) is 11.9. The SMILES string of the molecule is CCOc1ccc(CN2CCN(Cc3nc(CC)[nH]c3C)CC2CCO)cc1. The molecule has 154 valence electrons. The van der Waals surface area contributed by atoms with Gasteiger partial charge in [-0.3, -0.25) is 9.80 Å². The molecule has 1 saturated heterocycles. The zero-order chi connectivity index (χ0) is 19.9. The third-order valence-electron chi connectivity index (χ3n) is 5.51. The van der Waals surface area contributed by atoms with Gasteiger partial charge in [-0.05, 0) is 38.0 Å². The Morgan fingerprint density at radius 3 is 2.61 bits per heavy atom. The lowest BCUT2D eigenvalue weighted by Crippen LogP contribution is -2.52. The van der Waals surface area contributed by atoms with E-state index in [2.05, 4.69) is 40.8 Å². The highest BCUT2D eigenvalue weighted by Gasteiger charge is 2.27. The number of nitrogens with one attached hydrogen (secondary N) is 1. The number of aromatic amines is 1. The zero-order valence-electron chi connectivity index (χ0n) is 17.4. The Bertz CT molecular complexity index is 729. The molecule has 1 fully saturated rings. The quantitative estimate of drug-likeness (QED) is 0.694. The van der Waals surface area contributed by atoms with E-state index in [1.54, 1.807) is 0 Å². The summed E-state index contributed by atoms with van der Waals surface area (Å²) >= 11 is 0. The maximum atomic E-state index is 9.57. The number of nitrogens with zero attached hydrogens (tertiary/aromatic N) is 3. The second-order valence-electron chi connectivity index (χ2n) is 7.56. The number of aryl methyl sites for hydroxylation is 2. The molecule has 0 radical (unpaired) electrons. The van der Waals surface area contributed by atoms with Crippen molar-refractivity contribution in [3.05, 3.63) is 47.0 Å². The molecule has 0 spiro atoms. The number of aliphatic hydroxyl groups is 1. The molecule has 0 amide bonds. The maximum absolute atomic E-state index is 9.57. The molecule has 1 aliphatic heterocycles. The van der Waals surface area contributed by atoms with Gasteiger partial charge in [0, 0.05) is 57.5 Å². The molecule has 0 saturated carbocycles. The number of rotatable bonds is 9. The number of benzene rings is 1. The average molecular weight is 387 g/mol. The molecule has 2 aromatic rings. The van der Waals surface area contributed by atoms with Crippen LogP contribution in [0.15, 0.2) is 24.3 Å². The highest BCUT2D eigenvalue weighted by Crippen LogP contribution is 2.20. The molecular weight excluding hydrogens is 352 g/mol. The van der Waals surface area contributed by atoms with E-state index in [0.717, 1.165) is 62.8 Å². The molecular formula is C22H34N4O2. The Morgan fingerprint density at radius 1 is 1.18 bits per heavy atom. The van der Waals surface area contributed by atoms with Crippen LogP contribution >= 0.6 is 0 Å². The Labute approximate surface area is 168 Å². The van der Waals surface area contributed by atoms with E-state index < -0.39 is 0 Å². The molecule has 1 aromatic carbocycles. The van der Waals surface area contributed by atoms with Gasteiger partial charge in [-0.1, -0.05) is 19.1 Å². The summed E-state index contributed by atoms with van der Waals surface area (Å²) in [5, 5.41) is 9.57. The summed E-state index contributed by atoms with van der Waals surface area (Å²) in [5.41, 5.74) is 3.61. The van der Waals surface area contributed by atoms with Crippen molar-refractivity contribution in [2.45, 2.75) is 52.7 Å². The van der Waals surface area contributed by atoms with Gasteiger partial charge in [0.05, 0.1) is 12.3 Å². The maximum Gasteiger partial charge on any atom is 0.119 e. The Kier molecular flexibility index (Phi) is 7.48. The fourth-order valence-corrected chi connectivity index (χ4v) is 3.92. The van der Waals surface area contributed by atoms with E-state index >= 15 is 0 Å². The van der Waals surface area contributed by atoms with Crippen LogP contribution in [0.1, 0.15) is 43.0 Å². The predicted octanol–water partition coefficient (Wildman–Crippen LogP) is 2.75. The van der Waals surface area contributed by atoms with Crippen molar-refractivity contribution < 1.29 is 9.84 Å². The lowest BCUT2D eigenvalue weighted by atomic mass is 10.1. The first-order valence-electron chi connectivity index (χ1n) is 10.5. The Balaban J connectivity index is 1.60. The van der Waals surface area contributed by atoms with E-state index in [0.29, 0.717) is 12.6 Å². The first-order chi connectivity index (χ1) is 13.6. The average Bonchev–Trinajstić information content (AvgIpc) is 3.05. The summed E-state index contributed by atoms with van der Waals surface area (Å²) in [7, 11) is 0. The summed E-state index contributed by atoms with van der Waals surface area (Å²) in [4.78, 5) is 13.1. The van der Waals surface area contributed by atoms with Crippen LogP contribution in [0, 0.1) is 6.92 Å². The lowest BCUT2D eigenvalue weighted by molar-refractivity contribution is 0.0493. The van der Waals surface area contributed by atoms with E-state index in [1.807, 2.05) is 19.1 Å². The molecule has 6 heteroatoms. The number of aromatic nitrogens is 2. The van der Waals surface area contributed by atoms with Gasteiger partial charge >= 0.3 is 0 Å². The summed E-state index contributed by atoms with van der Waals surface area (Å²) < 4.78 is 5.54. The molecule has 1 unspecified atom stereocenters. The van der Waals surface area contributed by atoms with Crippen molar-refractivity contribution in [2.75, 3.05) is 32.8 Å². The summed E-state index contributed by atoms with van der Waals surface area (Å²) in [6.07, 6.45) is 1.73. The Morgan fingerprint density at radius 2 is 1.96 bits per heavy atom. The number of hydrogen-bond donors (Lipinski definition) is 2. The van der Waals surface area contributed by atoms with Crippen molar-refractivity contribution >= 4 is 0 Å². The van der Waals surface area contributed by atoms with Crippen molar-refractivity contribution in [3.63, 3.8) is 0 Å². The molecule has 0 aliphatic carbocycles. The van der Waals surface area contributed by atoms with Gasteiger partial charge in [0.25, 0.3) is 0 Å². The van der Waals surface area contributed by atoms with Gasteiger partial charge in [-0.25, -0.2) is 4.98 Å². The molecule has 2 heterocycles. The highest BCUT2D eigenvalue weighted by molar-refractivity contribution is 5.27. The zero-order valence-corrected chi connectivity index (χ0v) is 17.4. The van der Waals surface area contributed by atoms with Crippen LogP contribution in [0.4, 0.5) is 0 Å². The number of aliphatic hydroxyl groups excluding tert-OH is 1. The summed E-state index contributed by atoms with van der Waals surface area (Å²) in [5.74, 6) is 1.98. The minimum atomic E-state index is 0.222. The molecule has 28 heavy (non-hydrogen) atoms. The predicted molar refractivity (Wildman–Crippen MR) is 111 cm³/mol. The van der Waals surface area contributed by atoms with E-state index in [-0.39, 0.29) is 6.61 Å². The van der Waals surface area contributed by atoms with E-state index in [4.69, 9.17) is 9.72 Å². The smallest absolute Gasteiger partial charge is 0.119 e. The van der Waals surface area contributed by atoms with Crippen molar-refractivity contribution in [1.29, 1.82) is 0 Å². The molecule has 2 N–H and O–H groups in total. The second-order valence-corrected chi connectivity index (χ2v) is 7.56. The van der Waals surface area contributed by atoms with Gasteiger partial charge in [-0.15, -0.1) is 0 Å². The number of H-pyrrole nitrogens is 1. The summed E-state index contributed by atoms with van der Waals surface area (Å²) in [6, 6.07) is 8.73.